The van der Waals surface area contributed by atoms with Gasteiger partial charge in [0, 0.05) is 15.8 Å². The maximum absolute atomic E-state index is 11.9. The highest BCUT2D eigenvalue weighted by molar-refractivity contribution is 14.1. The average molecular weight is 445 g/mol. The molecule has 2 amide bonds. The Morgan fingerprint density at radius 3 is 2.78 bits per heavy atom. The Morgan fingerprint density at radius 1 is 1.26 bits per heavy atom. The molecule has 0 heterocycles. The van der Waals surface area contributed by atoms with Crippen molar-refractivity contribution in [3.05, 3.63) is 56.6 Å². The Bertz CT molecular complexity index is 679. The van der Waals surface area contributed by atoms with Crippen LogP contribution in [0.4, 0.5) is 10.5 Å². The number of ether oxygens (including phenoxy) is 1. The summed E-state index contributed by atoms with van der Waals surface area (Å²) in [4.78, 5) is 11.9. The fourth-order valence-corrected chi connectivity index (χ4v) is 2.79. The van der Waals surface area contributed by atoms with E-state index in [1.165, 1.54) is 0 Å². The second kappa shape index (κ2) is 8.98. The van der Waals surface area contributed by atoms with Gasteiger partial charge in [-0.1, -0.05) is 23.7 Å². The number of para-hydroxylation sites is 1. The molecule has 4 nitrogen and oxygen atoms in total. The van der Waals surface area contributed by atoms with Crippen molar-refractivity contribution in [2.24, 2.45) is 0 Å². The van der Waals surface area contributed by atoms with Crippen LogP contribution in [0.1, 0.15) is 12.0 Å². The first-order valence-corrected chi connectivity index (χ1v) is 8.70. The number of hydrogen-bond acceptors (Lipinski definition) is 2. The quantitative estimate of drug-likeness (QED) is 0.495. The second-order valence-corrected chi connectivity index (χ2v) is 6.63. The number of carbonyl (C=O) groups excluding carboxylic acids is 1. The molecule has 122 valence electrons. The predicted octanol–water partition coefficient (Wildman–Crippen LogP) is 4.84. The lowest BCUT2D eigenvalue weighted by molar-refractivity contribution is 0.250. The molecule has 6 heteroatoms. The van der Waals surface area contributed by atoms with E-state index in [1.807, 2.05) is 43.3 Å². The van der Waals surface area contributed by atoms with Gasteiger partial charge < -0.3 is 15.4 Å². The number of amides is 2. The van der Waals surface area contributed by atoms with Crippen molar-refractivity contribution in [3.63, 3.8) is 0 Å². The van der Waals surface area contributed by atoms with Gasteiger partial charge in [-0.2, -0.15) is 0 Å². The van der Waals surface area contributed by atoms with Crippen LogP contribution in [0.25, 0.3) is 0 Å². The number of hydrogen-bond donors (Lipinski definition) is 2. The Morgan fingerprint density at radius 2 is 2.04 bits per heavy atom. The maximum atomic E-state index is 11.9. The second-order valence-electron chi connectivity index (χ2n) is 4.97. The standard InChI is InChI=1S/C17H18ClIN2O2/c1-12-11-13(19)7-8-15(12)21-17(22)20-9-4-10-23-16-6-3-2-5-14(16)18/h2-3,5-8,11H,4,9-10H2,1H3,(H2,20,21,22). The zero-order chi connectivity index (χ0) is 16.7. The van der Waals surface area contributed by atoms with E-state index >= 15 is 0 Å². The highest BCUT2D eigenvalue weighted by Gasteiger charge is 2.04. The molecule has 0 fully saturated rings. The minimum Gasteiger partial charge on any atom is -0.492 e. The molecule has 2 rings (SSSR count). The summed E-state index contributed by atoms with van der Waals surface area (Å²) in [6.45, 7) is 2.99. The van der Waals surface area contributed by atoms with Crippen molar-refractivity contribution >= 4 is 45.9 Å². The molecule has 2 N–H and O–H groups in total. The monoisotopic (exact) mass is 444 g/mol. The first-order valence-electron chi connectivity index (χ1n) is 7.24. The number of benzene rings is 2. The first kappa shape index (κ1) is 17.9. The Labute approximate surface area is 154 Å². The summed E-state index contributed by atoms with van der Waals surface area (Å²) in [5.41, 5.74) is 1.85. The van der Waals surface area contributed by atoms with Crippen molar-refractivity contribution in [3.8, 4) is 5.75 Å². The van der Waals surface area contributed by atoms with Gasteiger partial charge in [0.25, 0.3) is 0 Å². The van der Waals surface area contributed by atoms with Crippen LogP contribution in [0.15, 0.2) is 42.5 Å². The summed E-state index contributed by atoms with van der Waals surface area (Å²) in [5.74, 6) is 0.660. The average Bonchev–Trinajstić information content (AvgIpc) is 2.51. The van der Waals surface area contributed by atoms with Crippen LogP contribution in [-0.2, 0) is 0 Å². The van der Waals surface area contributed by atoms with E-state index in [2.05, 4.69) is 33.2 Å². The van der Waals surface area contributed by atoms with Gasteiger partial charge in [0.1, 0.15) is 5.75 Å². The molecule has 0 atom stereocenters. The third kappa shape index (κ3) is 5.91. The summed E-state index contributed by atoms with van der Waals surface area (Å²) in [7, 11) is 0. The van der Waals surface area contributed by atoms with Gasteiger partial charge in [0.2, 0.25) is 0 Å². The number of urea groups is 1. The van der Waals surface area contributed by atoms with Crippen LogP contribution >= 0.6 is 34.2 Å². The highest BCUT2D eigenvalue weighted by Crippen LogP contribution is 2.23. The van der Waals surface area contributed by atoms with Crippen molar-refractivity contribution in [1.29, 1.82) is 0 Å². The number of nitrogens with one attached hydrogen (secondary N) is 2. The van der Waals surface area contributed by atoms with Crippen LogP contribution in [0.3, 0.4) is 0 Å². The van der Waals surface area contributed by atoms with Crippen LogP contribution in [0, 0.1) is 10.5 Å². The van der Waals surface area contributed by atoms with Gasteiger partial charge in [-0.3, -0.25) is 0 Å². The Balaban J connectivity index is 1.68. The smallest absolute Gasteiger partial charge is 0.319 e. The third-order valence-electron chi connectivity index (χ3n) is 3.14. The van der Waals surface area contributed by atoms with Crippen molar-refractivity contribution in [2.45, 2.75) is 13.3 Å². The normalized spacial score (nSPS) is 10.2. The number of rotatable bonds is 6. The molecular weight excluding hydrogens is 427 g/mol. The molecular formula is C17H18ClIN2O2. The minimum atomic E-state index is -0.216. The maximum Gasteiger partial charge on any atom is 0.319 e. The fraction of sp³-hybridized carbons (Fsp3) is 0.235. The van der Waals surface area contributed by atoms with E-state index in [4.69, 9.17) is 16.3 Å². The van der Waals surface area contributed by atoms with Crippen LogP contribution in [0.5, 0.6) is 5.75 Å². The highest BCUT2D eigenvalue weighted by atomic mass is 127. The molecule has 0 aromatic heterocycles. The zero-order valence-electron chi connectivity index (χ0n) is 12.7. The Kier molecular flexibility index (Phi) is 6.98. The van der Waals surface area contributed by atoms with Crippen molar-refractivity contribution in [1.82, 2.24) is 5.32 Å². The predicted molar refractivity (Wildman–Crippen MR) is 102 cm³/mol. The molecule has 0 bridgehead atoms. The van der Waals surface area contributed by atoms with Crippen LogP contribution in [-0.4, -0.2) is 19.2 Å². The molecule has 0 aliphatic heterocycles. The molecule has 0 radical (unpaired) electrons. The SMILES string of the molecule is Cc1cc(I)ccc1NC(=O)NCCCOc1ccccc1Cl. The molecule has 0 saturated carbocycles. The number of halogens is 2. The van der Waals surface area contributed by atoms with Gasteiger partial charge in [0.05, 0.1) is 11.6 Å². The van der Waals surface area contributed by atoms with Crippen LogP contribution < -0.4 is 15.4 Å². The van der Waals surface area contributed by atoms with E-state index in [0.717, 1.165) is 14.8 Å². The van der Waals surface area contributed by atoms with E-state index in [-0.39, 0.29) is 6.03 Å². The third-order valence-corrected chi connectivity index (χ3v) is 4.12. The number of carbonyl (C=O) groups is 1. The summed E-state index contributed by atoms with van der Waals surface area (Å²) < 4.78 is 6.71. The van der Waals surface area contributed by atoms with E-state index in [9.17, 15) is 4.79 Å². The van der Waals surface area contributed by atoms with Gasteiger partial charge >= 0.3 is 6.03 Å². The molecule has 2 aromatic carbocycles. The van der Waals surface area contributed by atoms with E-state index < -0.39 is 0 Å². The molecule has 2 aromatic rings. The largest absolute Gasteiger partial charge is 0.492 e. The fourth-order valence-electron chi connectivity index (χ4n) is 1.95. The van der Waals surface area contributed by atoms with Gasteiger partial charge in [-0.05, 0) is 71.8 Å². The molecule has 23 heavy (non-hydrogen) atoms. The first-order chi connectivity index (χ1) is 11.1. The van der Waals surface area contributed by atoms with Gasteiger partial charge in [-0.25, -0.2) is 4.79 Å². The molecule has 0 unspecified atom stereocenters. The topological polar surface area (TPSA) is 50.4 Å². The van der Waals surface area contributed by atoms with Gasteiger partial charge in [0.15, 0.2) is 0 Å². The molecule has 0 spiro atoms. The summed E-state index contributed by atoms with van der Waals surface area (Å²) in [5, 5.41) is 6.24. The molecule has 0 saturated heterocycles. The zero-order valence-corrected chi connectivity index (χ0v) is 15.6. The lowest BCUT2D eigenvalue weighted by Gasteiger charge is -2.11. The lowest BCUT2D eigenvalue weighted by atomic mass is 10.2. The van der Waals surface area contributed by atoms with Crippen LogP contribution in [0.2, 0.25) is 5.02 Å². The van der Waals surface area contributed by atoms with Crippen molar-refractivity contribution < 1.29 is 9.53 Å². The van der Waals surface area contributed by atoms with Gasteiger partial charge in [-0.15, -0.1) is 0 Å². The Hall–Kier alpha value is -1.47. The molecule has 0 aliphatic rings. The summed E-state index contributed by atoms with van der Waals surface area (Å²) >= 11 is 8.24. The van der Waals surface area contributed by atoms with E-state index in [1.54, 1.807) is 6.07 Å². The minimum absolute atomic E-state index is 0.216. The van der Waals surface area contributed by atoms with E-state index in [0.29, 0.717) is 30.3 Å². The number of aryl methyl sites for hydroxylation is 1. The van der Waals surface area contributed by atoms with Crippen molar-refractivity contribution in [2.75, 3.05) is 18.5 Å². The number of anilines is 1. The lowest BCUT2D eigenvalue weighted by Crippen LogP contribution is -2.30. The summed E-state index contributed by atoms with van der Waals surface area (Å²) in [6.07, 6.45) is 0.699. The molecule has 0 aliphatic carbocycles. The summed E-state index contributed by atoms with van der Waals surface area (Å²) in [6, 6.07) is 13.0.